The van der Waals surface area contributed by atoms with E-state index in [0.29, 0.717) is 54.4 Å². The molecule has 2 aromatic carbocycles. The maximum Gasteiger partial charge on any atom is 0.409 e. The van der Waals surface area contributed by atoms with E-state index in [-0.39, 0.29) is 17.9 Å². The highest BCUT2D eigenvalue weighted by Crippen LogP contribution is 2.21. The first-order chi connectivity index (χ1) is 16.4. The van der Waals surface area contributed by atoms with Crippen LogP contribution in [0.15, 0.2) is 65.7 Å². The molecule has 1 atom stereocenters. The summed E-state index contributed by atoms with van der Waals surface area (Å²) in [5, 5.41) is 0.921. The van der Waals surface area contributed by atoms with E-state index in [1.165, 1.54) is 0 Å². The number of hydrogen-bond acceptors (Lipinski definition) is 5. The van der Waals surface area contributed by atoms with Gasteiger partial charge in [0.1, 0.15) is 0 Å². The summed E-state index contributed by atoms with van der Waals surface area (Å²) >= 11 is 0. The molecule has 9 heteroatoms. The number of benzene rings is 2. The van der Waals surface area contributed by atoms with Crippen molar-refractivity contribution in [2.45, 2.75) is 18.7 Å². The minimum atomic E-state index is -1.50. The number of carbonyl (C=O) groups excluding carboxylic acids is 2. The van der Waals surface area contributed by atoms with Gasteiger partial charge in [0.2, 0.25) is 0 Å². The average molecular weight is 481 g/mol. The molecule has 0 saturated carbocycles. The van der Waals surface area contributed by atoms with Gasteiger partial charge in [-0.3, -0.25) is 9.78 Å². The van der Waals surface area contributed by atoms with Crippen LogP contribution in [0.3, 0.4) is 0 Å². The molecule has 2 amide bonds. The third kappa shape index (κ3) is 5.53. The summed E-state index contributed by atoms with van der Waals surface area (Å²) in [7, 11) is -1.50. The smallest absolute Gasteiger partial charge is 0.409 e. The number of hydrogen-bond donors (Lipinski definition) is 1. The third-order valence-corrected chi connectivity index (χ3v) is 6.65. The largest absolute Gasteiger partial charge is 0.449 e. The maximum atomic E-state index is 12.9. The van der Waals surface area contributed by atoms with E-state index in [1.54, 1.807) is 46.3 Å². The summed E-state index contributed by atoms with van der Waals surface area (Å²) in [5.74, 6) is 0.187. The second-order valence-corrected chi connectivity index (χ2v) is 9.71. The molecule has 0 bridgehead atoms. The van der Waals surface area contributed by atoms with Crippen LogP contribution in [0.1, 0.15) is 24.2 Å². The SMILES string of the molecule is CC(C)COC(=O)N1CCN(C(=O)c2ccc(NS(=O)c3cccc4cccnc34)cc2)CC1. The predicted molar refractivity (Wildman–Crippen MR) is 132 cm³/mol. The van der Waals surface area contributed by atoms with Crippen LogP contribution in [-0.4, -0.2) is 63.8 Å². The van der Waals surface area contributed by atoms with E-state index >= 15 is 0 Å². The number of carbonyl (C=O) groups is 2. The van der Waals surface area contributed by atoms with E-state index in [4.69, 9.17) is 4.74 Å². The maximum absolute atomic E-state index is 12.9. The highest BCUT2D eigenvalue weighted by molar-refractivity contribution is 7.86. The molecule has 1 aromatic heterocycles. The number of para-hydroxylation sites is 1. The summed E-state index contributed by atoms with van der Waals surface area (Å²) in [5.41, 5.74) is 1.87. The lowest BCUT2D eigenvalue weighted by atomic mass is 10.1. The van der Waals surface area contributed by atoms with Crippen LogP contribution in [0, 0.1) is 5.92 Å². The number of amides is 2. The van der Waals surface area contributed by atoms with Gasteiger partial charge in [-0.25, -0.2) is 9.00 Å². The summed E-state index contributed by atoms with van der Waals surface area (Å²) in [4.78, 5) is 33.3. The van der Waals surface area contributed by atoms with Gasteiger partial charge in [-0.15, -0.1) is 0 Å². The van der Waals surface area contributed by atoms with Gasteiger partial charge in [-0.2, -0.15) is 0 Å². The molecule has 0 spiro atoms. The number of pyridine rings is 1. The lowest BCUT2D eigenvalue weighted by Gasteiger charge is -2.34. The van der Waals surface area contributed by atoms with Crippen LogP contribution in [0.25, 0.3) is 10.9 Å². The lowest BCUT2D eigenvalue weighted by Crippen LogP contribution is -2.50. The average Bonchev–Trinajstić information content (AvgIpc) is 2.87. The molecule has 3 aromatic rings. The van der Waals surface area contributed by atoms with E-state index in [9.17, 15) is 13.8 Å². The van der Waals surface area contributed by atoms with Crippen LogP contribution < -0.4 is 4.72 Å². The van der Waals surface area contributed by atoms with Crippen molar-refractivity contribution in [3.05, 3.63) is 66.4 Å². The van der Waals surface area contributed by atoms with Gasteiger partial charge >= 0.3 is 6.09 Å². The van der Waals surface area contributed by atoms with Gasteiger partial charge in [0.05, 0.1) is 17.0 Å². The molecule has 1 N–H and O–H groups in total. The number of nitrogens with zero attached hydrogens (tertiary/aromatic N) is 3. The Labute approximate surface area is 201 Å². The number of aromatic nitrogens is 1. The van der Waals surface area contributed by atoms with Crippen LogP contribution in [0.4, 0.5) is 10.5 Å². The number of anilines is 1. The highest BCUT2D eigenvalue weighted by atomic mass is 32.2. The molecule has 1 aliphatic rings. The third-order valence-electron chi connectivity index (χ3n) is 5.50. The molecule has 1 aliphatic heterocycles. The Hall–Kier alpha value is -3.46. The van der Waals surface area contributed by atoms with E-state index in [0.717, 1.165) is 5.39 Å². The second-order valence-electron chi connectivity index (χ2n) is 8.53. The van der Waals surface area contributed by atoms with Crippen molar-refractivity contribution in [3.63, 3.8) is 0 Å². The summed E-state index contributed by atoms with van der Waals surface area (Å²) in [6.07, 6.45) is 1.35. The Morgan fingerprint density at radius 2 is 1.68 bits per heavy atom. The number of piperazine rings is 1. The number of rotatable bonds is 6. The summed E-state index contributed by atoms with van der Waals surface area (Å²) in [6, 6.07) is 16.2. The molecule has 1 fully saturated rings. The Bertz CT molecular complexity index is 1190. The molecule has 1 unspecified atom stereocenters. The zero-order valence-corrected chi connectivity index (χ0v) is 20.1. The monoisotopic (exact) mass is 480 g/mol. The van der Waals surface area contributed by atoms with Gasteiger partial charge in [-0.1, -0.05) is 32.0 Å². The van der Waals surface area contributed by atoms with Crippen molar-refractivity contribution < 1.29 is 18.5 Å². The quantitative estimate of drug-likeness (QED) is 0.577. The van der Waals surface area contributed by atoms with Crippen molar-refractivity contribution in [2.75, 3.05) is 37.5 Å². The van der Waals surface area contributed by atoms with Gasteiger partial charge in [-0.05, 0) is 42.3 Å². The van der Waals surface area contributed by atoms with Crippen molar-refractivity contribution >= 4 is 39.6 Å². The first-order valence-corrected chi connectivity index (χ1v) is 12.4. The Kier molecular flexibility index (Phi) is 7.42. The van der Waals surface area contributed by atoms with E-state index in [1.807, 2.05) is 38.1 Å². The Morgan fingerprint density at radius 3 is 2.38 bits per heavy atom. The van der Waals surface area contributed by atoms with Gasteiger partial charge in [0.25, 0.3) is 5.91 Å². The zero-order chi connectivity index (χ0) is 24.1. The van der Waals surface area contributed by atoms with Gasteiger partial charge in [0, 0.05) is 49.0 Å². The van der Waals surface area contributed by atoms with Gasteiger partial charge < -0.3 is 19.3 Å². The van der Waals surface area contributed by atoms with Crippen molar-refractivity contribution in [3.8, 4) is 0 Å². The molecule has 8 nitrogen and oxygen atoms in total. The Morgan fingerprint density at radius 1 is 1.00 bits per heavy atom. The fraction of sp³-hybridized carbons (Fsp3) is 0.320. The molecule has 0 aliphatic carbocycles. The normalized spacial score (nSPS) is 14.8. The fourth-order valence-electron chi connectivity index (χ4n) is 3.67. The van der Waals surface area contributed by atoms with Crippen LogP contribution in [-0.2, 0) is 15.7 Å². The lowest BCUT2D eigenvalue weighted by molar-refractivity contribution is 0.0535. The minimum Gasteiger partial charge on any atom is -0.449 e. The van der Waals surface area contributed by atoms with E-state index in [2.05, 4.69) is 9.71 Å². The second kappa shape index (κ2) is 10.6. The molecule has 34 heavy (non-hydrogen) atoms. The fourth-order valence-corrected chi connectivity index (χ4v) is 4.68. The standard InChI is InChI=1S/C25H28N4O4S/c1-18(2)17-33-25(31)29-15-13-28(14-16-29)24(30)20-8-10-21(11-9-20)27-34(32)22-7-3-5-19-6-4-12-26-23(19)22/h3-12,18,27H,13-17H2,1-2H3. The zero-order valence-electron chi connectivity index (χ0n) is 19.3. The number of fused-ring (bicyclic) bond motifs is 1. The van der Waals surface area contributed by atoms with Crippen LogP contribution >= 0.6 is 0 Å². The number of ether oxygens (including phenoxy) is 1. The Balaban J connectivity index is 1.34. The molecule has 4 rings (SSSR count). The molecule has 178 valence electrons. The molecular weight excluding hydrogens is 452 g/mol. The predicted octanol–water partition coefficient (Wildman–Crippen LogP) is 3.92. The first-order valence-electron chi connectivity index (χ1n) is 11.3. The minimum absolute atomic E-state index is 0.0962. The van der Waals surface area contributed by atoms with Crippen molar-refractivity contribution in [2.24, 2.45) is 5.92 Å². The van der Waals surface area contributed by atoms with Gasteiger partial charge in [0.15, 0.2) is 11.0 Å². The summed E-state index contributed by atoms with van der Waals surface area (Å²) in [6.45, 7) is 6.16. The molecule has 2 heterocycles. The first kappa shape index (κ1) is 23.7. The van der Waals surface area contributed by atoms with E-state index < -0.39 is 11.0 Å². The topological polar surface area (TPSA) is 91.8 Å². The van der Waals surface area contributed by atoms with Crippen LogP contribution in [0.5, 0.6) is 0 Å². The molecular formula is C25H28N4O4S. The summed E-state index contributed by atoms with van der Waals surface area (Å²) < 4.78 is 21.2. The van der Waals surface area contributed by atoms with Crippen molar-refractivity contribution in [1.29, 1.82) is 0 Å². The number of nitrogens with one attached hydrogen (secondary N) is 1. The molecule has 0 radical (unpaired) electrons. The van der Waals surface area contributed by atoms with Crippen LogP contribution in [0.2, 0.25) is 0 Å². The molecule has 1 saturated heterocycles. The van der Waals surface area contributed by atoms with Crippen molar-refractivity contribution in [1.82, 2.24) is 14.8 Å². The highest BCUT2D eigenvalue weighted by Gasteiger charge is 2.25.